The van der Waals surface area contributed by atoms with Crippen molar-refractivity contribution in [3.8, 4) is 0 Å². The van der Waals surface area contributed by atoms with Gasteiger partial charge in [0, 0.05) is 0 Å². The van der Waals surface area contributed by atoms with Gasteiger partial charge in [0.1, 0.15) is 0 Å². The van der Waals surface area contributed by atoms with E-state index in [-0.39, 0.29) is 304 Å². The van der Waals surface area contributed by atoms with Gasteiger partial charge >= 0.3 is 304 Å². The Labute approximate surface area is 510 Å². The summed E-state index contributed by atoms with van der Waals surface area (Å²) in [6.45, 7) is 0. The van der Waals surface area contributed by atoms with Crippen LogP contribution in [0.5, 0.6) is 0 Å². The van der Waals surface area contributed by atoms with Crippen molar-refractivity contribution in [1.29, 1.82) is 0 Å². The quantitative estimate of drug-likeness (QED) is 0.160. The zero-order chi connectivity index (χ0) is 36.0. The van der Waals surface area contributed by atoms with Crippen molar-refractivity contribution >= 4 is 176 Å². The van der Waals surface area contributed by atoms with E-state index in [9.17, 15) is 0 Å². The third-order valence-corrected chi connectivity index (χ3v) is 0. The van der Waals surface area contributed by atoms with Gasteiger partial charge in [-0.3, -0.25) is 0 Å². The topological polar surface area (TPSA) is 690 Å². The first-order chi connectivity index (χ1) is 16.0. The van der Waals surface area contributed by atoms with Crippen molar-refractivity contribution in [2.24, 2.45) is 0 Å². The second-order valence-electron chi connectivity index (χ2n) is 3.58. The molecular formula is Ca3Fe3Mn3Na3O32P8. The van der Waals surface area contributed by atoms with E-state index >= 15 is 0 Å². The monoisotopic (exact) mass is 1280 g/mol. The third-order valence-electron chi connectivity index (χ3n) is 0. The summed E-state index contributed by atoms with van der Waals surface area (Å²) >= 11 is 0. The first kappa shape index (κ1) is 131. The van der Waals surface area contributed by atoms with Gasteiger partial charge in [-0.15, -0.1) is 0 Å². The molecule has 52 heavy (non-hydrogen) atoms. The van der Waals surface area contributed by atoms with Crippen LogP contribution < -0.4 is 206 Å². The van der Waals surface area contributed by atoms with Crippen LogP contribution in [0, 0.1) is 0 Å². The first-order valence-electron chi connectivity index (χ1n) is 5.84. The van der Waals surface area contributed by atoms with E-state index in [1.54, 1.807) is 0 Å². The molecule has 0 aliphatic heterocycles. The molecule has 0 aromatic heterocycles. The molecule has 0 spiro atoms. The SMILES string of the molecule is O=P([O-])([O-])[O-].O=P([O-])([O-])[O-].O=P([O-])([O-])[O-].O=P([O-])([O-])[O-].O=P([O-])([O-])[O-].O=P([O-])([O-])[O-].O=P([O-])([O-])[O-].O=P([O-])([O-])[O-].[Ca+2].[Ca+2].[Ca+2].[Fe+3].[Fe+3].[Fe+3].[Mn+2].[Mn+2].[Mn+2].[Na+].[Na+].[Na+]. The van der Waals surface area contributed by atoms with Crippen LogP contribution in [0.25, 0.3) is 0 Å². The zero-order valence-electron chi connectivity index (χ0n) is 24.0. The molecule has 0 atom stereocenters. The van der Waals surface area contributed by atoms with E-state index in [2.05, 4.69) is 0 Å². The van der Waals surface area contributed by atoms with Crippen molar-refractivity contribution in [2.45, 2.75) is 0 Å². The fourth-order valence-electron chi connectivity index (χ4n) is 0. The van der Waals surface area contributed by atoms with Crippen LogP contribution in [0.1, 0.15) is 0 Å². The van der Waals surface area contributed by atoms with Gasteiger partial charge in [0.2, 0.25) is 0 Å². The first-order valence-corrected chi connectivity index (χ1v) is 17.5. The molecule has 0 heterocycles. The Morgan fingerprint density at radius 1 is 0.192 bits per heavy atom. The predicted molar refractivity (Wildman–Crippen MR) is 78.1 cm³/mol. The largest absolute Gasteiger partial charge is 3.00 e. The van der Waals surface area contributed by atoms with Crippen molar-refractivity contribution in [2.75, 3.05) is 0 Å². The number of rotatable bonds is 0. The molecule has 286 valence electrons. The Morgan fingerprint density at radius 2 is 0.192 bits per heavy atom. The van der Waals surface area contributed by atoms with Gasteiger partial charge in [-0.25, -0.2) is 0 Å². The maximum atomic E-state index is 8.55. The van der Waals surface area contributed by atoms with Crippen LogP contribution in [0.4, 0.5) is 0 Å². The molecule has 0 aromatic rings. The molecule has 32 nitrogen and oxygen atoms in total. The molecule has 0 aliphatic rings. The van der Waals surface area contributed by atoms with Gasteiger partial charge in [-0.1, -0.05) is 0 Å². The predicted octanol–water partition coefficient (Wildman–Crippen LogP) is -32.7. The standard InChI is InChI=1S/3Ca.3Fe.3Mn.3Na.8H3O4P/c;;;;;;;;;;;;8*1-5(2,3)4/h;;;;;;;;;;;;8*(H3,1,2,3,4)/q3*+2;3*+3;3*+2;3*+1;;;;;;;;/p-24. The summed E-state index contributed by atoms with van der Waals surface area (Å²) in [6, 6.07) is 0. The molecule has 0 fully saturated rings. The third kappa shape index (κ3) is 1870. The van der Waals surface area contributed by atoms with Gasteiger partial charge in [0.05, 0.1) is 0 Å². The fraction of sp³-hybridized carbons (Fsp3) is 0. The van der Waals surface area contributed by atoms with E-state index < -0.39 is 62.6 Å². The van der Waals surface area contributed by atoms with Crippen LogP contribution in [0.3, 0.4) is 0 Å². The summed E-state index contributed by atoms with van der Waals surface area (Å²) in [5, 5.41) is 0. The van der Waals surface area contributed by atoms with E-state index in [0.717, 1.165) is 0 Å². The number of phosphoric acid groups is 8. The van der Waals surface area contributed by atoms with Crippen molar-refractivity contribution in [3.63, 3.8) is 0 Å². The molecule has 0 rings (SSSR count). The Balaban J connectivity index is -0.0000000121. The van der Waals surface area contributed by atoms with Gasteiger partial charge in [-0.2, -0.15) is 62.6 Å². The van der Waals surface area contributed by atoms with Gasteiger partial charge in [0.25, 0.3) is 0 Å². The summed E-state index contributed by atoms with van der Waals surface area (Å²) < 4.78 is 68.4. The van der Waals surface area contributed by atoms with Crippen LogP contribution >= 0.6 is 62.6 Å². The van der Waals surface area contributed by atoms with E-state index in [4.69, 9.17) is 154 Å². The second-order valence-corrected chi connectivity index (χ2v) is 10.7. The van der Waals surface area contributed by atoms with Gasteiger partial charge in [-0.05, 0) is 0 Å². The van der Waals surface area contributed by atoms with E-state index in [1.165, 1.54) is 0 Å². The van der Waals surface area contributed by atoms with Gasteiger partial charge < -0.3 is 154 Å². The maximum Gasteiger partial charge on any atom is 3.00 e. The summed E-state index contributed by atoms with van der Waals surface area (Å²) in [4.78, 5) is 205. The Hall–Kier alpha value is 10.8. The smallest absolute Gasteiger partial charge is 0.822 e. The molecule has 52 heteroatoms. The molecule has 0 N–H and O–H groups in total. The van der Waals surface area contributed by atoms with Gasteiger partial charge in [0.15, 0.2) is 0 Å². The molecule has 0 amide bonds. The summed E-state index contributed by atoms with van der Waals surface area (Å²) in [5.41, 5.74) is 0. The molecule has 6 radical (unpaired) electrons. The van der Waals surface area contributed by atoms with Crippen LogP contribution in [-0.4, -0.2) is 113 Å². The van der Waals surface area contributed by atoms with Crippen LogP contribution in [-0.2, 0) is 139 Å². The summed E-state index contributed by atoms with van der Waals surface area (Å²) in [6.07, 6.45) is 0. The van der Waals surface area contributed by atoms with Crippen molar-refractivity contribution in [1.82, 2.24) is 0 Å². The second kappa shape index (κ2) is 66.1. The van der Waals surface area contributed by atoms with Crippen LogP contribution in [0.2, 0.25) is 0 Å². The summed E-state index contributed by atoms with van der Waals surface area (Å²) in [5.74, 6) is 0. The average Bonchev–Trinajstić information content (AvgIpc) is 2.16. The molecule has 0 aromatic carbocycles. The van der Waals surface area contributed by atoms with E-state index in [0.29, 0.717) is 0 Å². The van der Waals surface area contributed by atoms with Crippen LogP contribution in [0.15, 0.2) is 0 Å². The number of hydrogen-bond donors (Lipinski definition) is 0. The molecule has 0 aliphatic carbocycles. The van der Waals surface area contributed by atoms with Crippen molar-refractivity contribution < 1.29 is 345 Å². The summed E-state index contributed by atoms with van der Waals surface area (Å²) in [7, 11) is -43.1. The Bertz CT molecular complexity index is 703. The Kier molecular flexibility index (Phi) is 166. The normalized spacial score (nSPS) is 9.08. The number of hydrogen-bond acceptors (Lipinski definition) is 32. The molecule has 0 unspecified atom stereocenters. The molecule has 0 saturated heterocycles. The Morgan fingerprint density at radius 3 is 0.192 bits per heavy atom. The molecule has 0 bridgehead atoms. The van der Waals surface area contributed by atoms with Crippen molar-refractivity contribution in [3.05, 3.63) is 0 Å². The minimum Gasteiger partial charge on any atom is -0.822 e. The van der Waals surface area contributed by atoms with E-state index in [1.807, 2.05) is 0 Å². The average molecular weight is 1280 g/mol. The zero-order valence-corrected chi connectivity index (χ0v) is 50.6. The maximum absolute atomic E-state index is 8.55. The minimum absolute atomic E-state index is 0. The fourth-order valence-corrected chi connectivity index (χ4v) is 0. The molecular weight excluding hydrogens is 1280 g/mol. The minimum atomic E-state index is -5.39. The molecule has 0 saturated carbocycles.